The molecule has 1 saturated heterocycles. The fraction of sp³-hybridized carbons (Fsp3) is 0.185. The maximum Gasteiger partial charge on any atom is 0.291 e. The zero-order chi connectivity index (χ0) is 23.5. The SMILES string of the molecule is COc1cccc(C(=O)Nc2c(C(=O)N3CCN(c4ccccc4)CC3)oc3ccccc23)c1. The Kier molecular flexibility index (Phi) is 5.91. The number of hydrogen-bond donors (Lipinski definition) is 1. The summed E-state index contributed by atoms with van der Waals surface area (Å²) in [7, 11) is 1.55. The van der Waals surface area contributed by atoms with Crippen LogP contribution >= 0.6 is 0 Å². The van der Waals surface area contributed by atoms with Gasteiger partial charge in [0.25, 0.3) is 11.8 Å². The van der Waals surface area contributed by atoms with Gasteiger partial charge in [0.15, 0.2) is 0 Å². The van der Waals surface area contributed by atoms with E-state index in [9.17, 15) is 9.59 Å². The number of nitrogens with zero attached hydrogens (tertiary/aromatic N) is 2. The van der Waals surface area contributed by atoms with Crippen molar-refractivity contribution in [2.24, 2.45) is 0 Å². The molecule has 0 atom stereocenters. The lowest BCUT2D eigenvalue weighted by Crippen LogP contribution is -2.48. The first kappa shape index (κ1) is 21.6. The quantitative estimate of drug-likeness (QED) is 0.474. The highest BCUT2D eigenvalue weighted by atomic mass is 16.5. The van der Waals surface area contributed by atoms with Crippen molar-refractivity contribution in [3.8, 4) is 5.75 Å². The second-order valence-electron chi connectivity index (χ2n) is 8.10. The van der Waals surface area contributed by atoms with Crippen LogP contribution in [0.1, 0.15) is 20.9 Å². The largest absolute Gasteiger partial charge is 0.497 e. The Balaban J connectivity index is 1.39. The van der Waals surface area contributed by atoms with Crippen LogP contribution in [0.4, 0.5) is 11.4 Å². The van der Waals surface area contributed by atoms with E-state index < -0.39 is 0 Å². The normalized spacial score (nSPS) is 13.7. The lowest BCUT2D eigenvalue weighted by molar-refractivity contribution is 0.0718. The van der Waals surface area contributed by atoms with E-state index in [4.69, 9.17) is 9.15 Å². The first-order valence-electron chi connectivity index (χ1n) is 11.2. The van der Waals surface area contributed by atoms with Gasteiger partial charge in [-0.05, 0) is 42.5 Å². The summed E-state index contributed by atoms with van der Waals surface area (Å²) in [6, 6.07) is 24.4. The third-order valence-corrected chi connectivity index (χ3v) is 6.05. The number of hydrogen-bond acceptors (Lipinski definition) is 5. The summed E-state index contributed by atoms with van der Waals surface area (Å²) in [6.07, 6.45) is 0. The van der Waals surface area contributed by atoms with Crippen molar-refractivity contribution in [1.82, 2.24) is 4.90 Å². The van der Waals surface area contributed by atoms with Crippen LogP contribution in [0, 0.1) is 0 Å². The van der Waals surface area contributed by atoms with Crippen LogP contribution in [0.5, 0.6) is 5.75 Å². The van der Waals surface area contributed by atoms with Gasteiger partial charge in [-0.15, -0.1) is 0 Å². The lowest BCUT2D eigenvalue weighted by Gasteiger charge is -2.35. The summed E-state index contributed by atoms with van der Waals surface area (Å²) in [5, 5.41) is 3.59. The smallest absolute Gasteiger partial charge is 0.291 e. The molecule has 0 unspecified atom stereocenters. The van der Waals surface area contributed by atoms with Crippen molar-refractivity contribution in [2.75, 3.05) is 43.5 Å². The number of benzene rings is 3. The zero-order valence-corrected chi connectivity index (χ0v) is 18.9. The number of carbonyl (C=O) groups excluding carboxylic acids is 2. The zero-order valence-electron chi connectivity index (χ0n) is 18.9. The number of furan rings is 1. The summed E-state index contributed by atoms with van der Waals surface area (Å²) in [5.41, 5.74) is 2.51. The highest BCUT2D eigenvalue weighted by Gasteiger charge is 2.29. The molecule has 172 valence electrons. The van der Waals surface area contributed by atoms with Gasteiger partial charge < -0.3 is 24.3 Å². The van der Waals surface area contributed by atoms with Crippen LogP contribution in [-0.4, -0.2) is 50.0 Å². The highest BCUT2D eigenvalue weighted by molar-refractivity contribution is 6.14. The van der Waals surface area contributed by atoms with E-state index in [0.717, 1.165) is 18.8 Å². The summed E-state index contributed by atoms with van der Waals surface area (Å²) in [5.74, 6) is 0.154. The molecule has 0 spiro atoms. The average molecular weight is 456 g/mol. The van der Waals surface area contributed by atoms with E-state index in [1.807, 2.05) is 36.4 Å². The predicted octanol–water partition coefficient (Wildman–Crippen LogP) is 4.66. The molecule has 7 heteroatoms. The molecule has 34 heavy (non-hydrogen) atoms. The standard InChI is InChI=1S/C27H25N3O4/c1-33-21-11-7-8-19(18-21)26(31)28-24-22-12-5-6-13-23(22)34-25(24)27(32)30-16-14-29(15-17-30)20-9-3-2-4-10-20/h2-13,18H,14-17H2,1H3,(H,28,31). The number of carbonyl (C=O) groups is 2. The van der Waals surface area contributed by atoms with Crippen molar-refractivity contribution < 1.29 is 18.7 Å². The van der Waals surface area contributed by atoms with Gasteiger partial charge in [0.05, 0.1) is 7.11 Å². The van der Waals surface area contributed by atoms with Crippen LogP contribution in [0.2, 0.25) is 0 Å². The molecule has 1 N–H and O–H groups in total. The number of ether oxygens (including phenoxy) is 1. The van der Waals surface area contributed by atoms with Gasteiger partial charge in [-0.1, -0.05) is 36.4 Å². The van der Waals surface area contributed by atoms with E-state index >= 15 is 0 Å². The Morgan fingerprint density at radius 2 is 1.62 bits per heavy atom. The Bertz CT molecular complexity index is 1320. The molecule has 1 aliphatic heterocycles. The summed E-state index contributed by atoms with van der Waals surface area (Å²) >= 11 is 0. The number of fused-ring (bicyclic) bond motifs is 1. The molecule has 1 aromatic heterocycles. The molecular formula is C27H25N3O4. The Morgan fingerprint density at radius 3 is 2.38 bits per heavy atom. The number of methoxy groups -OCH3 is 1. The number of piperazine rings is 1. The predicted molar refractivity (Wildman–Crippen MR) is 132 cm³/mol. The second-order valence-corrected chi connectivity index (χ2v) is 8.10. The van der Waals surface area contributed by atoms with Crippen LogP contribution < -0.4 is 15.0 Å². The van der Waals surface area contributed by atoms with Crippen LogP contribution in [0.25, 0.3) is 11.0 Å². The Hall–Kier alpha value is -4.26. The number of nitrogens with one attached hydrogen (secondary N) is 1. The van der Waals surface area contributed by atoms with E-state index in [1.165, 1.54) is 0 Å². The minimum atomic E-state index is -0.339. The van der Waals surface area contributed by atoms with Gasteiger partial charge in [-0.2, -0.15) is 0 Å². The van der Waals surface area contributed by atoms with E-state index in [1.54, 1.807) is 42.3 Å². The molecule has 2 amide bonds. The van der Waals surface area contributed by atoms with E-state index in [2.05, 4.69) is 22.3 Å². The maximum absolute atomic E-state index is 13.5. The van der Waals surface area contributed by atoms with Crippen molar-refractivity contribution in [1.29, 1.82) is 0 Å². The molecule has 3 aromatic carbocycles. The van der Waals surface area contributed by atoms with E-state index in [0.29, 0.717) is 41.1 Å². The third-order valence-electron chi connectivity index (χ3n) is 6.05. The summed E-state index contributed by atoms with van der Waals surface area (Å²) in [4.78, 5) is 30.6. The Labute approximate surface area is 197 Å². The fourth-order valence-electron chi connectivity index (χ4n) is 4.22. The summed E-state index contributed by atoms with van der Waals surface area (Å²) < 4.78 is 11.2. The van der Waals surface area contributed by atoms with Crippen molar-refractivity contribution in [2.45, 2.75) is 0 Å². The third kappa shape index (κ3) is 4.20. The average Bonchev–Trinajstić information content (AvgIpc) is 3.27. The maximum atomic E-state index is 13.5. The second kappa shape index (κ2) is 9.31. The number of anilines is 2. The van der Waals surface area contributed by atoms with Crippen LogP contribution in [-0.2, 0) is 0 Å². The van der Waals surface area contributed by atoms with Gasteiger partial charge in [0.2, 0.25) is 5.76 Å². The number of rotatable bonds is 5. The lowest BCUT2D eigenvalue weighted by atomic mass is 10.1. The van der Waals surface area contributed by atoms with Gasteiger partial charge >= 0.3 is 0 Å². The minimum Gasteiger partial charge on any atom is -0.497 e. The topological polar surface area (TPSA) is 75.0 Å². The molecule has 0 bridgehead atoms. The fourth-order valence-corrected chi connectivity index (χ4v) is 4.22. The first-order valence-corrected chi connectivity index (χ1v) is 11.2. The molecule has 1 fully saturated rings. The molecular weight excluding hydrogens is 430 g/mol. The monoisotopic (exact) mass is 455 g/mol. The minimum absolute atomic E-state index is 0.144. The molecule has 7 nitrogen and oxygen atoms in total. The molecule has 1 aliphatic rings. The van der Waals surface area contributed by atoms with Crippen LogP contribution in [0.15, 0.2) is 83.3 Å². The molecule has 0 radical (unpaired) electrons. The van der Waals surface area contributed by atoms with Crippen molar-refractivity contribution in [3.63, 3.8) is 0 Å². The highest BCUT2D eigenvalue weighted by Crippen LogP contribution is 2.33. The first-order chi connectivity index (χ1) is 16.6. The van der Waals surface area contributed by atoms with Crippen molar-refractivity contribution in [3.05, 3.63) is 90.2 Å². The van der Waals surface area contributed by atoms with E-state index in [-0.39, 0.29) is 17.6 Å². The van der Waals surface area contributed by atoms with Gasteiger partial charge in [0, 0.05) is 42.8 Å². The van der Waals surface area contributed by atoms with Gasteiger partial charge in [-0.3, -0.25) is 9.59 Å². The number of amides is 2. The van der Waals surface area contributed by atoms with Gasteiger partial charge in [-0.25, -0.2) is 0 Å². The number of para-hydroxylation sites is 2. The molecule has 5 rings (SSSR count). The van der Waals surface area contributed by atoms with Crippen molar-refractivity contribution >= 4 is 34.2 Å². The van der Waals surface area contributed by atoms with Gasteiger partial charge in [0.1, 0.15) is 17.0 Å². The molecule has 2 heterocycles. The van der Waals surface area contributed by atoms with Crippen LogP contribution in [0.3, 0.4) is 0 Å². The molecule has 4 aromatic rings. The molecule has 0 aliphatic carbocycles. The Morgan fingerprint density at radius 1 is 0.882 bits per heavy atom. The summed E-state index contributed by atoms with van der Waals surface area (Å²) in [6.45, 7) is 2.57. The molecule has 0 saturated carbocycles.